The summed E-state index contributed by atoms with van der Waals surface area (Å²) < 4.78 is 33.5. The van der Waals surface area contributed by atoms with Crippen LogP contribution in [0.15, 0.2) is 47.4 Å². The molecular weight excluding hydrogens is 388 g/mol. The van der Waals surface area contributed by atoms with E-state index in [2.05, 4.69) is 5.32 Å². The number of carbonyl (C=O) groups is 1. The van der Waals surface area contributed by atoms with Crippen LogP contribution in [0.3, 0.4) is 0 Å². The summed E-state index contributed by atoms with van der Waals surface area (Å²) in [6, 6.07) is 12.2. The van der Waals surface area contributed by atoms with E-state index in [0.717, 1.165) is 29.5 Å². The van der Waals surface area contributed by atoms with Gasteiger partial charge in [0.15, 0.2) is 0 Å². The van der Waals surface area contributed by atoms with Gasteiger partial charge in [0.05, 0.1) is 16.7 Å². The SMILES string of the molecule is Cc1ccc(S(=O)(=O)N(CC(=O)NC[C@H]2CCCO2)c2ccc(C)cc2C)cc1. The van der Waals surface area contributed by atoms with Crippen molar-refractivity contribution in [2.75, 3.05) is 24.0 Å². The fourth-order valence-electron chi connectivity index (χ4n) is 3.44. The zero-order valence-electron chi connectivity index (χ0n) is 17.1. The summed E-state index contributed by atoms with van der Waals surface area (Å²) in [7, 11) is -3.90. The molecule has 0 spiro atoms. The Morgan fingerprint density at radius 2 is 1.79 bits per heavy atom. The van der Waals surface area contributed by atoms with Gasteiger partial charge in [-0.25, -0.2) is 8.42 Å². The quantitative estimate of drug-likeness (QED) is 0.753. The van der Waals surface area contributed by atoms with Crippen LogP contribution in [0.25, 0.3) is 0 Å². The average Bonchev–Trinajstić information content (AvgIpc) is 3.19. The van der Waals surface area contributed by atoms with E-state index in [1.54, 1.807) is 30.3 Å². The highest BCUT2D eigenvalue weighted by Gasteiger charge is 2.28. The van der Waals surface area contributed by atoms with Crippen LogP contribution in [0.1, 0.15) is 29.5 Å². The number of amides is 1. The molecular formula is C22H28N2O4S. The highest BCUT2D eigenvalue weighted by molar-refractivity contribution is 7.92. The summed E-state index contributed by atoms with van der Waals surface area (Å²) in [6.07, 6.45) is 1.89. The molecule has 1 N–H and O–H groups in total. The molecule has 6 nitrogen and oxygen atoms in total. The first kappa shape index (κ1) is 21.3. The lowest BCUT2D eigenvalue weighted by atomic mass is 10.1. The van der Waals surface area contributed by atoms with Crippen LogP contribution >= 0.6 is 0 Å². The number of sulfonamides is 1. The minimum Gasteiger partial charge on any atom is -0.376 e. The monoisotopic (exact) mass is 416 g/mol. The fourth-order valence-corrected chi connectivity index (χ4v) is 4.93. The Morgan fingerprint density at radius 3 is 2.41 bits per heavy atom. The minimum atomic E-state index is -3.90. The third-order valence-corrected chi connectivity index (χ3v) is 6.84. The maximum absolute atomic E-state index is 13.4. The van der Waals surface area contributed by atoms with Gasteiger partial charge in [-0.2, -0.15) is 0 Å². The number of hydrogen-bond donors (Lipinski definition) is 1. The lowest BCUT2D eigenvalue weighted by Crippen LogP contribution is -2.43. The van der Waals surface area contributed by atoms with E-state index in [9.17, 15) is 13.2 Å². The summed E-state index contributed by atoms with van der Waals surface area (Å²) >= 11 is 0. The number of carbonyl (C=O) groups excluding carboxylic acids is 1. The maximum Gasteiger partial charge on any atom is 0.264 e. The largest absolute Gasteiger partial charge is 0.376 e. The highest BCUT2D eigenvalue weighted by Crippen LogP contribution is 2.27. The number of hydrogen-bond acceptors (Lipinski definition) is 4. The van der Waals surface area contributed by atoms with Gasteiger partial charge in [-0.05, 0) is 57.4 Å². The van der Waals surface area contributed by atoms with Gasteiger partial charge in [0.25, 0.3) is 10.0 Å². The van der Waals surface area contributed by atoms with Gasteiger partial charge in [-0.15, -0.1) is 0 Å². The van der Waals surface area contributed by atoms with Crippen molar-refractivity contribution in [2.24, 2.45) is 0 Å². The lowest BCUT2D eigenvalue weighted by molar-refractivity contribution is -0.120. The summed E-state index contributed by atoms with van der Waals surface area (Å²) in [5.41, 5.74) is 3.30. The van der Waals surface area contributed by atoms with E-state index < -0.39 is 10.0 Å². The molecule has 156 valence electrons. The highest BCUT2D eigenvalue weighted by atomic mass is 32.2. The Hall–Kier alpha value is -2.38. The van der Waals surface area contributed by atoms with Crippen LogP contribution in [-0.2, 0) is 19.6 Å². The zero-order valence-corrected chi connectivity index (χ0v) is 18.0. The van der Waals surface area contributed by atoms with Gasteiger partial charge in [0.2, 0.25) is 5.91 Å². The Morgan fingerprint density at radius 1 is 1.10 bits per heavy atom. The van der Waals surface area contributed by atoms with Crippen molar-refractivity contribution in [1.29, 1.82) is 0 Å². The second-order valence-corrected chi connectivity index (χ2v) is 9.42. The third kappa shape index (κ3) is 5.16. The molecule has 1 amide bonds. The Labute approximate surface area is 172 Å². The normalized spacial score (nSPS) is 16.6. The summed E-state index contributed by atoms with van der Waals surface area (Å²) in [5.74, 6) is -0.351. The lowest BCUT2D eigenvalue weighted by Gasteiger charge is -2.26. The maximum atomic E-state index is 13.4. The van der Waals surface area contributed by atoms with E-state index >= 15 is 0 Å². The molecule has 1 saturated heterocycles. The van der Waals surface area contributed by atoms with Crippen molar-refractivity contribution in [1.82, 2.24) is 5.32 Å². The predicted molar refractivity (Wildman–Crippen MR) is 114 cm³/mol. The zero-order chi connectivity index (χ0) is 21.0. The number of ether oxygens (including phenoxy) is 1. The van der Waals surface area contributed by atoms with Crippen LogP contribution in [-0.4, -0.2) is 40.1 Å². The number of anilines is 1. The molecule has 1 atom stereocenters. The van der Waals surface area contributed by atoms with E-state index in [0.29, 0.717) is 18.8 Å². The number of benzene rings is 2. The number of aryl methyl sites for hydroxylation is 3. The van der Waals surface area contributed by atoms with Crippen LogP contribution in [0, 0.1) is 20.8 Å². The van der Waals surface area contributed by atoms with E-state index in [1.165, 1.54) is 4.31 Å². The van der Waals surface area contributed by atoms with Crippen molar-refractivity contribution in [2.45, 2.75) is 44.6 Å². The van der Waals surface area contributed by atoms with Gasteiger partial charge < -0.3 is 10.1 Å². The molecule has 0 radical (unpaired) electrons. The molecule has 2 aromatic carbocycles. The first-order valence-electron chi connectivity index (χ1n) is 9.82. The Kier molecular flexibility index (Phi) is 6.59. The Balaban J connectivity index is 1.88. The predicted octanol–water partition coefficient (Wildman–Crippen LogP) is 3.10. The summed E-state index contributed by atoms with van der Waals surface area (Å²) in [5, 5.41) is 2.82. The third-order valence-electron chi connectivity index (χ3n) is 5.07. The average molecular weight is 417 g/mol. The van der Waals surface area contributed by atoms with Gasteiger partial charge in [-0.1, -0.05) is 35.4 Å². The van der Waals surface area contributed by atoms with Crippen LogP contribution in [0.2, 0.25) is 0 Å². The van der Waals surface area contributed by atoms with E-state index in [1.807, 2.05) is 32.9 Å². The second-order valence-electron chi connectivity index (χ2n) is 7.55. The number of nitrogens with one attached hydrogen (secondary N) is 1. The van der Waals surface area contributed by atoms with Crippen molar-refractivity contribution in [3.8, 4) is 0 Å². The van der Waals surface area contributed by atoms with Crippen LogP contribution in [0.5, 0.6) is 0 Å². The molecule has 29 heavy (non-hydrogen) atoms. The van der Waals surface area contributed by atoms with E-state index in [-0.39, 0.29) is 23.5 Å². The molecule has 2 aromatic rings. The van der Waals surface area contributed by atoms with E-state index in [4.69, 9.17) is 4.74 Å². The minimum absolute atomic E-state index is 0.00205. The topological polar surface area (TPSA) is 75.7 Å². The molecule has 0 bridgehead atoms. The van der Waals surface area contributed by atoms with Crippen molar-refractivity contribution in [3.63, 3.8) is 0 Å². The fraction of sp³-hybridized carbons (Fsp3) is 0.409. The van der Waals surface area contributed by atoms with Crippen molar-refractivity contribution in [3.05, 3.63) is 59.2 Å². The standard InChI is InChI=1S/C22H28N2O4S/c1-16-6-9-20(10-7-16)29(26,27)24(21-11-8-17(2)13-18(21)3)15-22(25)23-14-19-5-4-12-28-19/h6-11,13,19H,4-5,12,14-15H2,1-3H3,(H,23,25)/t19-/m1/s1. The summed E-state index contributed by atoms with van der Waals surface area (Å²) in [4.78, 5) is 12.8. The van der Waals surface area contributed by atoms with Crippen molar-refractivity contribution >= 4 is 21.6 Å². The second kappa shape index (κ2) is 8.97. The molecule has 7 heteroatoms. The molecule has 0 aromatic heterocycles. The Bertz CT molecular complexity index is 965. The van der Waals surface area contributed by atoms with Gasteiger partial charge in [0.1, 0.15) is 6.54 Å². The van der Waals surface area contributed by atoms with Gasteiger partial charge in [0, 0.05) is 13.2 Å². The molecule has 0 unspecified atom stereocenters. The molecule has 0 saturated carbocycles. The molecule has 1 heterocycles. The number of nitrogens with zero attached hydrogens (tertiary/aromatic N) is 1. The first-order valence-corrected chi connectivity index (χ1v) is 11.3. The summed E-state index contributed by atoms with van der Waals surface area (Å²) in [6.45, 7) is 6.51. The van der Waals surface area contributed by atoms with Crippen LogP contribution < -0.4 is 9.62 Å². The smallest absolute Gasteiger partial charge is 0.264 e. The first-order chi connectivity index (χ1) is 13.8. The van der Waals surface area contributed by atoms with Gasteiger partial charge >= 0.3 is 0 Å². The molecule has 1 fully saturated rings. The number of rotatable bonds is 7. The molecule has 1 aliphatic heterocycles. The van der Waals surface area contributed by atoms with Gasteiger partial charge in [-0.3, -0.25) is 9.10 Å². The molecule has 1 aliphatic rings. The van der Waals surface area contributed by atoms with Crippen LogP contribution in [0.4, 0.5) is 5.69 Å². The molecule has 0 aliphatic carbocycles. The molecule has 3 rings (SSSR count). The van der Waals surface area contributed by atoms with Crippen molar-refractivity contribution < 1.29 is 17.9 Å².